The van der Waals surface area contributed by atoms with Gasteiger partial charge < -0.3 is 23.0 Å². The van der Waals surface area contributed by atoms with Crippen molar-refractivity contribution in [2.75, 3.05) is 19.5 Å². The molecule has 0 fully saturated rings. The summed E-state index contributed by atoms with van der Waals surface area (Å²) in [7, 11) is 2.91. The van der Waals surface area contributed by atoms with Gasteiger partial charge >= 0.3 is 17.9 Å². The molecule has 1 amide bonds. The Hall–Kier alpha value is -4.21. The van der Waals surface area contributed by atoms with Gasteiger partial charge in [-0.25, -0.2) is 9.59 Å². The molecule has 0 atom stereocenters. The Labute approximate surface area is 169 Å². The van der Waals surface area contributed by atoms with Gasteiger partial charge in [0.05, 0.1) is 19.9 Å². The molecule has 154 valence electrons. The average Bonchev–Trinajstić information content (AvgIpc) is 3.31. The third-order valence-corrected chi connectivity index (χ3v) is 4.29. The van der Waals surface area contributed by atoms with Gasteiger partial charge in [-0.1, -0.05) is 5.10 Å². The van der Waals surface area contributed by atoms with Gasteiger partial charge in [0.2, 0.25) is 0 Å². The van der Waals surface area contributed by atoms with Gasteiger partial charge in [0.15, 0.2) is 0 Å². The summed E-state index contributed by atoms with van der Waals surface area (Å²) in [5, 5.41) is 7.28. The predicted octanol–water partition coefficient (Wildman–Crippen LogP) is 3.51. The predicted molar refractivity (Wildman–Crippen MR) is 106 cm³/mol. The minimum Gasteiger partial charge on any atom is -0.497 e. The van der Waals surface area contributed by atoms with Crippen LogP contribution in [0.15, 0.2) is 56.1 Å². The summed E-state index contributed by atoms with van der Waals surface area (Å²) < 4.78 is 26.6. The van der Waals surface area contributed by atoms with E-state index in [0.717, 1.165) is 10.1 Å². The van der Waals surface area contributed by atoms with Crippen LogP contribution in [0.2, 0.25) is 0 Å². The van der Waals surface area contributed by atoms with Crippen molar-refractivity contribution in [1.82, 2.24) is 9.78 Å². The molecule has 4 rings (SSSR count). The number of anilines is 1. The first-order chi connectivity index (χ1) is 14.5. The number of furan rings is 1. The van der Waals surface area contributed by atoms with Crippen LogP contribution in [-0.4, -0.2) is 30.1 Å². The molecular weight excluding hydrogens is 394 g/mol. The van der Waals surface area contributed by atoms with Gasteiger partial charge in [0, 0.05) is 17.1 Å². The maximum absolute atomic E-state index is 12.3. The van der Waals surface area contributed by atoms with E-state index < -0.39 is 11.8 Å². The first kappa shape index (κ1) is 19.1. The molecule has 0 radical (unpaired) electrons. The molecule has 0 saturated carbocycles. The van der Waals surface area contributed by atoms with Crippen molar-refractivity contribution in [3.63, 3.8) is 0 Å². The Balaban J connectivity index is 1.49. The Morgan fingerprint density at radius 3 is 2.60 bits per heavy atom. The summed E-state index contributed by atoms with van der Waals surface area (Å²) >= 11 is 0. The zero-order chi connectivity index (χ0) is 21.3. The second-order valence-corrected chi connectivity index (χ2v) is 6.23. The van der Waals surface area contributed by atoms with E-state index in [-0.39, 0.29) is 12.0 Å². The van der Waals surface area contributed by atoms with E-state index in [1.54, 1.807) is 56.5 Å². The first-order valence-electron chi connectivity index (χ1n) is 8.78. The monoisotopic (exact) mass is 411 g/mol. The number of amides is 1. The number of benzene rings is 2. The van der Waals surface area contributed by atoms with Crippen molar-refractivity contribution in [3.05, 3.63) is 58.6 Å². The lowest BCUT2D eigenvalue weighted by Gasteiger charge is -2.09. The zero-order valence-electron chi connectivity index (χ0n) is 16.3. The van der Waals surface area contributed by atoms with Gasteiger partial charge in [-0.15, -0.1) is 0 Å². The van der Waals surface area contributed by atoms with Crippen molar-refractivity contribution >= 4 is 22.7 Å². The van der Waals surface area contributed by atoms with E-state index in [9.17, 15) is 9.59 Å². The van der Waals surface area contributed by atoms with Crippen LogP contribution in [0, 0.1) is 6.92 Å². The number of methoxy groups -OCH3 is 2. The molecule has 10 nitrogen and oxygen atoms in total. The van der Waals surface area contributed by atoms with Crippen LogP contribution >= 0.6 is 0 Å². The summed E-state index contributed by atoms with van der Waals surface area (Å²) in [5.41, 5.74) is 2.18. The van der Waals surface area contributed by atoms with Crippen molar-refractivity contribution in [1.29, 1.82) is 0 Å². The summed E-state index contributed by atoms with van der Waals surface area (Å²) in [4.78, 5) is 24.1. The minimum atomic E-state index is -0.725. The molecule has 10 heteroatoms. The standard InChI is InChI=1S/C20H17N3O7/c1-11-8-13(23-20(25)30-19(22-23)27-3)4-6-15(11)21-18(24)29-17-10-12-9-14(26-2)5-7-16(12)28-17/h4-10H,1-3H3,(H,21,24). The maximum atomic E-state index is 12.3. The number of hydrogen-bond donors (Lipinski definition) is 1. The zero-order valence-corrected chi connectivity index (χ0v) is 16.3. The molecule has 2 aromatic heterocycles. The van der Waals surface area contributed by atoms with Crippen molar-refractivity contribution in [2.24, 2.45) is 0 Å². The second-order valence-electron chi connectivity index (χ2n) is 6.23. The lowest BCUT2D eigenvalue weighted by atomic mass is 10.2. The highest BCUT2D eigenvalue weighted by Gasteiger charge is 2.14. The number of nitrogens with zero attached hydrogens (tertiary/aromatic N) is 2. The molecule has 0 spiro atoms. The van der Waals surface area contributed by atoms with Gasteiger partial charge in [0.1, 0.15) is 11.3 Å². The molecule has 2 aromatic carbocycles. The smallest absolute Gasteiger partial charge is 0.444 e. The van der Waals surface area contributed by atoms with E-state index in [1.165, 1.54) is 7.11 Å². The highest BCUT2D eigenvalue weighted by atomic mass is 16.6. The van der Waals surface area contributed by atoms with E-state index in [0.29, 0.717) is 28.3 Å². The van der Waals surface area contributed by atoms with E-state index in [4.69, 9.17) is 23.0 Å². The molecule has 0 unspecified atom stereocenters. The fourth-order valence-corrected chi connectivity index (χ4v) is 2.83. The van der Waals surface area contributed by atoms with Gasteiger partial charge in [0.25, 0.3) is 5.95 Å². The van der Waals surface area contributed by atoms with Crippen LogP contribution in [0.25, 0.3) is 16.7 Å². The number of nitrogens with one attached hydrogen (secondary N) is 1. The number of carbonyl (C=O) groups is 1. The molecular formula is C20H17N3O7. The molecule has 0 aliphatic rings. The summed E-state index contributed by atoms with van der Waals surface area (Å²) in [6.45, 7) is 1.76. The molecule has 30 heavy (non-hydrogen) atoms. The largest absolute Gasteiger partial charge is 0.497 e. The highest BCUT2D eigenvalue weighted by molar-refractivity contribution is 5.88. The highest BCUT2D eigenvalue weighted by Crippen LogP contribution is 2.28. The normalized spacial score (nSPS) is 10.8. The molecule has 0 aliphatic carbocycles. The average molecular weight is 411 g/mol. The summed E-state index contributed by atoms with van der Waals surface area (Å²) in [5.74, 6) is 0.0259. The molecule has 0 bridgehead atoms. The topological polar surface area (TPSA) is 118 Å². The maximum Gasteiger partial charge on any atom is 0.444 e. The Bertz CT molecular complexity index is 1290. The van der Waals surface area contributed by atoms with Crippen LogP contribution in [0.5, 0.6) is 17.8 Å². The number of rotatable bonds is 5. The third-order valence-electron chi connectivity index (χ3n) is 4.29. The molecule has 1 N–H and O–H groups in total. The number of aryl methyl sites for hydroxylation is 1. The van der Waals surface area contributed by atoms with Crippen molar-refractivity contribution < 1.29 is 27.8 Å². The fourth-order valence-electron chi connectivity index (χ4n) is 2.83. The molecule has 4 aromatic rings. The Morgan fingerprint density at radius 2 is 1.90 bits per heavy atom. The number of aromatic nitrogens is 2. The van der Waals surface area contributed by atoms with Crippen LogP contribution in [-0.2, 0) is 0 Å². The van der Waals surface area contributed by atoms with Crippen LogP contribution < -0.4 is 25.3 Å². The summed E-state index contributed by atoms with van der Waals surface area (Å²) in [6, 6.07) is 11.7. The van der Waals surface area contributed by atoms with Crippen LogP contribution in [0.1, 0.15) is 5.56 Å². The number of ether oxygens (including phenoxy) is 3. The SMILES string of the molecule is COc1ccc2oc(OC(=O)Nc3ccc(-n4nc(OC)oc4=O)cc3C)cc2c1. The van der Waals surface area contributed by atoms with E-state index in [2.05, 4.69) is 10.4 Å². The molecule has 0 aliphatic heterocycles. The third kappa shape index (κ3) is 3.70. The molecule has 2 heterocycles. The van der Waals surface area contributed by atoms with Crippen molar-refractivity contribution in [2.45, 2.75) is 6.92 Å². The van der Waals surface area contributed by atoms with Crippen molar-refractivity contribution in [3.8, 4) is 23.5 Å². The number of hydrogen-bond acceptors (Lipinski definition) is 8. The minimum absolute atomic E-state index is 0.0475. The van der Waals surface area contributed by atoms with E-state index >= 15 is 0 Å². The lowest BCUT2D eigenvalue weighted by Crippen LogP contribution is -2.18. The van der Waals surface area contributed by atoms with Gasteiger partial charge in [-0.2, -0.15) is 4.68 Å². The van der Waals surface area contributed by atoms with E-state index in [1.807, 2.05) is 0 Å². The van der Waals surface area contributed by atoms with Crippen LogP contribution in [0.3, 0.4) is 0 Å². The number of carbonyl (C=O) groups excluding carboxylic acids is 1. The van der Waals surface area contributed by atoms with Crippen LogP contribution in [0.4, 0.5) is 10.5 Å². The Morgan fingerprint density at radius 1 is 1.07 bits per heavy atom. The second kappa shape index (κ2) is 7.66. The Kier molecular flexibility index (Phi) is 4.88. The number of fused-ring (bicyclic) bond motifs is 1. The molecule has 0 saturated heterocycles. The lowest BCUT2D eigenvalue weighted by molar-refractivity contribution is 0.203. The van der Waals surface area contributed by atoms with Gasteiger partial charge in [-0.3, -0.25) is 5.32 Å². The van der Waals surface area contributed by atoms with Gasteiger partial charge in [-0.05, 0) is 48.9 Å². The quantitative estimate of drug-likeness (QED) is 0.530. The first-order valence-corrected chi connectivity index (χ1v) is 8.78. The summed E-state index contributed by atoms with van der Waals surface area (Å²) in [6.07, 6.45) is -0.871. The fraction of sp³-hybridized carbons (Fsp3) is 0.150.